The van der Waals surface area contributed by atoms with Gasteiger partial charge in [0, 0.05) is 0 Å². The second-order valence-electron chi connectivity index (χ2n) is 4.06. The van der Waals surface area contributed by atoms with Crippen molar-refractivity contribution >= 4 is 0 Å². The molecule has 0 fully saturated rings. The largest absolute Gasteiger partial charge is 0.0856 e. The number of hydrogen-bond acceptors (Lipinski definition) is 0. The molecule has 0 heteroatoms. The van der Waals surface area contributed by atoms with E-state index >= 15 is 0 Å². The summed E-state index contributed by atoms with van der Waals surface area (Å²) in [4.78, 5) is 0. The van der Waals surface area contributed by atoms with Crippen LogP contribution in [0.4, 0.5) is 0 Å². The van der Waals surface area contributed by atoms with E-state index in [0.717, 1.165) is 0 Å². The average molecular weight is 166 g/mol. The molecule has 0 aromatic heterocycles. The van der Waals surface area contributed by atoms with E-state index in [1.54, 1.807) is 5.57 Å². The fourth-order valence-electron chi connectivity index (χ4n) is 1.88. The van der Waals surface area contributed by atoms with Crippen LogP contribution < -0.4 is 0 Å². The van der Waals surface area contributed by atoms with Gasteiger partial charge in [0.1, 0.15) is 0 Å². The molecule has 0 amide bonds. The Morgan fingerprint density at radius 1 is 0.833 bits per heavy atom. The zero-order chi connectivity index (χ0) is 8.65. The lowest BCUT2D eigenvalue weighted by atomic mass is 10.1. The molecule has 0 bridgehead atoms. The van der Waals surface area contributed by atoms with Gasteiger partial charge in [0.15, 0.2) is 0 Å². The Bertz CT molecular complexity index is 133. The SMILES string of the molecule is CC1=CCCCCCCCCC1. The summed E-state index contributed by atoms with van der Waals surface area (Å²) in [5.74, 6) is 0. The lowest BCUT2D eigenvalue weighted by Gasteiger charge is -1.99. The molecule has 0 nitrogen and oxygen atoms in total. The third-order valence-corrected chi connectivity index (χ3v) is 2.77. The Hall–Kier alpha value is -0.260. The molecule has 0 aromatic rings. The third kappa shape index (κ3) is 4.58. The van der Waals surface area contributed by atoms with E-state index in [-0.39, 0.29) is 0 Å². The molecule has 12 heavy (non-hydrogen) atoms. The van der Waals surface area contributed by atoms with E-state index in [1.807, 2.05) is 0 Å². The normalized spacial score (nSPS) is 22.6. The van der Waals surface area contributed by atoms with Crippen molar-refractivity contribution in [3.05, 3.63) is 11.6 Å². The number of hydrogen-bond donors (Lipinski definition) is 0. The molecule has 1 aliphatic rings. The van der Waals surface area contributed by atoms with Gasteiger partial charge in [0.2, 0.25) is 0 Å². The average Bonchev–Trinajstić information content (AvgIpc) is 2.11. The lowest BCUT2D eigenvalue weighted by Crippen LogP contribution is -1.79. The number of allylic oxidation sites excluding steroid dienone is 2. The minimum atomic E-state index is 1.33. The summed E-state index contributed by atoms with van der Waals surface area (Å²) in [7, 11) is 0. The maximum absolute atomic E-state index is 2.45. The van der Waals surface area contributed by atoms with Crippen LogP contribution in [0.1, 0.15) is 64.7 Å². The maximum atomic E-state index is 2.45. The molecule has 0 spiro atoms. The fourth-order valence-corrected chi connectivity index (χ4v) is 1.88. The smallest absolute Gasteiger partial charge is 0.0323 e. The van der Waals surface area contributed by atoms with Gasteiger partial charge in [-0.3, -0.25) is 0 Å². The van der Waals surface area contributed by atoms with Crippen LogP contribution in [0, 0.1) is 0 Å². The van der Waals surface area contributed by atoms with Crippen molar-refractivity contribution in [1.82, 2.24) is 0 Å². The number of rotatable bonds is 0. The van der Waals surface area contributed by atoms with Crippen LogP contribution in [0.25, 0.3) is 0 Å². The summed E-state index contributed by atoms with van der Waals surface area (Å²) in [6.07, 6.45) is 15.3. The van der Waals surface area contributed by atoms with Gasteiger partial charge in [-0.1, -0.05) is 43.8 Å². The molecular weight excluding hydrogens is 144 g/mol. The first-order valence-corrected chi connectivity index (χ1v) is 5.55. The van der Waals surface area contributed by atoms with Crippen LogP contribution in [-0.4, -0.2) is 0 Å². The molecule has 0 saturated heterocycles. The van der Waals surface area contributed by atoms with E-state index in [1.165, 1.54) is 57.8 Å². The van der Waals surface area contributed by atoms with Crippen molar-refractivity contribution in [2.45, 2.75) is 64.7 Å². The molecule has 0 saturated carbocycles. The van der Waals surface area contributed by atoms with Crippen LogP contribution in [0.5, 0.6) is 0 Å². The fraction of sp³-hybridized carbons (Fsp3) is 0.833. The van der Waals surface area contributed by atoms with Crippen LogP contribution in [0.15, 0.2) is 11.6 Å². The molecule has 0 atom stereocenters. The minimum Gasteiger partial charge on any atom is -0.0856 e. The van der Waals surface area contributed by atoms with Crippen LogP contribution >= 0.6 is 0 Å². The summed E-state index contributed by atoms with van der Waals surface area (Å²) in [6.45, 7) is 2.29. The van der Waals surface area contributed by atoms with Crippen molar-refractivity contribution in [2.24, 2.45) is 0 Å². The molecule has 1 aliphatic carbocycles. The van der Waals surface area contributed by atoms with Crippen molar-refractivity contribution in [1.29, 1.82) is 0 Å². The summed E-state index contributed by atoms with van der Waals surface area (Å²) in [6, 6.07) is 0. The highest BCUT2D eigenvalue weighted by Crippen LogP contribution is 2.15. The van der Waals surface area contributed by atoms with Crippen molar-refractivity contribution in [3.63, 3.8) is 0 Å². The monoisotopic (exact) mass is 166 g/mol. The Kier molecular flexibility index (Phi) is 5.14. The molecule has 0 radical (unpaired) electrons. The van der Waals surface area contributed by atoms with E-state index < -0.39 is 0 Å². The zero-order valence-electron chi connectivity index (χ0n) is 8.44. The Labute approximate surface area is 77.1 Å². The molecule has 0 aromatic carbocycles. The van der Waals surface area contributed by atoms with E-state index in [9.17, 15) is 0 Å². The molecule has 0 heterocycles. The highest BCUT2D eigenvalue weighted by molar-refractivity contribution is 4.97. The maximum Gasteiger partial charge on any atom is -0.0323 e. The Morgan fingerprint density at radius 2 is 1.42 bits per heavy atom. The second kappa shape index (κ2) is 6.28. The van der Waals surface area contributed by atoms with Gasteiger partial charge < -0.3 is 0 Å². The van der Waals surface area contributed by atoms with Crippen LogP contribution in [0.3, 0.4) is 0 Å². The molecule has 0 unspecified atom stereocenters. The first kappa shape index (κ1) is 9.83. The van der Waals surface area contributed by atoms with Gasteiger partial charge in [0.25, 0.3) is 0 Å². The topological polar surface area (TPSA) is 0 Å². The first-order chi connectivity index (χ1) is 5.89. The third-order valence-electron chi connectivity index (χ3n) is 2.77. The predicted molar refractivity (Wildman–Crippen MR) is 55.3 cm³/mol. The van der Waals surface area contributed by atoms with E-state index in [0.29, 0.717) is 0 Å². The van der Waals surface area contributed by atoms with Gasteiger partial charge in [-0.15, -0.1) is 0 Å². The van der Waals surface area contributed by atoms with Gasteiger partial charge >= 0.3 is 0 Å². The Balaban J connectivity index is 2.25. The van der Waals surface area contributed by atoms with Crippen LogP contribution in [-0.2, 0) is 0 Å². The summed E-state index contributed by atoms with van der Waals surface area (Å²) >= 11 is 0. The van der Waals surface area contributed by atoms with Gasteiger partial charge in [-0.25, -0.2) is 0 Å². The van der Waals surface area contributed by atoms with E-state index in [2.05, 4.69) is 13.0 Å². The van der Waals surface area contributed by atoms with Crippen LogP contribution in [0.2, 0.25) is 0 Å². The van der Waals surface area contributed by atoms with Crippen molar-refractivity contribution in [3.8, 4) is 0 Å². The summed E-state index contributed by atoms with van der Waals surface area (Å²) in [5.41, 5.74) is 1.62. The zero-order valence-corrected chi connectivity index (χ0v) is 8.44. The summed E-state index contributed by atoms with van der Waals surface area (Å²) in [5, 5.41) is 0. The standard InChI is InChI=1S/C12H22/c1-12-10-8-6-4-2-3-5-7-9-11-12/h10H,2-9,11H2,1H3. The van der Waals surface area contributed by atoms with Crippen molar-refractivity contribution < 1.29 is 0 Å². The predicted octanol–water partition coefficient (Wildman–Crippen LogP) is 4.46. The van der Waals surface area contributed by atoms with Crippen molar-refractivity contribution in [2.75, 3.05) is 0 Å². The molecule has 0 N–H and O–H groups in total. The summed E-state index contributed by atoms with van der Waals surface area (Å²) < 4.78 is 0. The minimum absolute atomic E-state index is 1.33. The van der Waals surface area contributed by atoms with Gasteiger partial charge in [-0.05, 0) is 32.6 Å². The quantitative estimate of drug-likeness (QED) is 0.466. The second-order valence-corrected chi connectivity index (χ2v) is 4.06. The highest BCUT2D eigenvalue weighted by atomic mass is 14.0. The highest BCUT2D eigenvalue weighted by Gasteiger charge is 1.95. The molecule has 70 valence electrons. The van der Waals surface area contributed by atoms with Gasteiger partial charge in [0.05, 0.1) is 0 Å². The van der Waals surface area contributed by atoms with Gasteiger partial charge in [-0.2, -0.15) is 0 Å². The van der Waals surface area contributed by atoms with E-state index in [4.69, 9.17) is 0 Å². The molecule has 1 rings (SSSR count). The molecule has 0 aliphatic heterocycles. The lowest BCUT2D eigenvalue weighted by molar-refractivity contribution is 0.587. The first-order valence-electron chi connectivity index (χ1n) is 5.55. The Morgan fingerprint density at radius 3 is 2.17 bits per heavy atom. The molecular formula is C12H22.